The Labute approximate surface area is 166 Å². The van der Waals surface area contributed by atoms with Crippen LogP contribution < -0.4 is 27.4 Å². The molecule has 0 aromatic rings. The lowest BCUT2D eigenvalue weighted by molar-refractivity contribution is -0.142. The molecule has 29 heavy (non-hydrogen) atoms. The lowest BCUT2D eigenvalue weighted by Crippen LogP contribution is -2.55. The van der Waals surface area contributed by atoms with Crippen molar-refractivity contribution in [2.45, 2.75) is 63.7 Å². The molecule has 0 bridgehead atoms. The third kappa shape index (κ3) is 10.6. The second-order valence-corrected chi connectivity index (χ2v) is 6.40. The molecule has 0 radical (unpaired) electrons. The van der Waals surface area contributed by atoms with Gasteiger partial charge >= 0.3 is 11.9 Å². The van der Waals surface area contributed by atoms with Gasteiger partial charge in [-0.25, -0.2) is 4.79 Å². The molecule has 0 rings (SSSR count). The highest BCUT2D eigenvalue weighted by atomic mass is 16.4. The van der Waals surface area contributed by atoms with E-state index in [1.165, 1.54) is 13.8 Å². The molecule has 9 N–H and O–H groups in total. The Kier molecular flexibility index (Phi) is 10.9. The second kappa shape index (κ2) is 12.3. The molecular weight excluding hydrogens is 390 g/mol. The Morgan fingerprint density at radius 2 is 1.28 bits per heavy atom. The van der Waals surface area contributed by atoms with Crippen molar-refractivity contribution < 1.29 is 39.0 Å². The fourth-order valence-electron chi connectivity index (χ4n) is 2.04. The number of hydrogen-bond donors (Lipinski definition) is 7. The van der Waals surface area contributed by atoms with Crippen molar-refractivity contribution in [3.63, 3.8) is 0 Å². The molecule has 0 spiro atoms. The van der Waals surface area contributed by atoms with E-state index in [1.807, 2.05) is 0 Å². The Hall–Kier alpha value is -3.22. The first-order chi connectivity index (χ1) is 13.3. The average Bonchev–Trinajstić information content (AvgIpc) is 2.61. The molecule has 0 saturated heterocycles. The Bertz CT molecular complexity index is 653. The molecule has 0 aromatic carbocycles. The predicted octanol–water partition coefficient (Wildman–Crippen LogP) is -2.98. The highest BCUT2D eigenvalue weighted by Crippen LogP contribution is 1.99. The van der Waals surface area contributed by atoms with E-state index in [2.05, 4.69) is 16.0 Å². The summed E-state index contributed by atoms with van der Waals surface area (Å²) in [5.41, 5.74) is 10.5. The SMILES string of the molecule is CC(NC(=O)C(N)CCC(=O)O)C(=O)NC(C)C(=O)NC(CCC(N)=O)C(=O)O. The summed E-state index contributed by atoms with van der Waals surface area (Å²) in [5.74, 6) is -5.49. The first kappa shape index (κ1) is 25.8. The standard InChI is InChI=1S/C16H27N5O8/c1-7(20-15(27)9(17)3-6-12(23)24)13(25)19-8(2)14(26)21-10(16(28)29)4-5-11(18)22/h7-10H,3-6,17H2,1-2H3,(H2,18,22)(H,19,25)(H,20,27)(H,21,26)(H,23,24)(H,28,29). The molecule has 0 aliphatic heterocycles. The molecule has 0 saturated carbocycles. The van der Waals surface area contributed by atoms with Crippen molar-refractivity contribution in [1.82, 2.24) is 16.0 Å². The lowest BCUT2D eigenvalue weighted by Gasteiger charge is -2.21. The number of carbonyl (C=O) groups is 6. The number of nitrogens with two attached hydrogens (primary N) is 2. The van der Waals surface area contributed by atoms with Crippen molar-refractivity contribution in [3.05, 3.63) is 0 Å². The average molecular weight is 417 g/mol. The van der Waals surface area contributed by atoms with Crippen LogP contribution in [-0.4, -0.2) is 69.9 Å². The van der Waals surface area contributed by atoms with Crippen molar-refractivity contribution in [3.8, 4) is 0 Å². The van der Waals surface area contributed by atoms with Crippen LogP contribution in [0.5, 0.6) is 0 Å². The summed E-state index contributed by atoms with van der Waals surface area (Å²) in [4.78, 5) is 68.4. The van der Waals surface area contributed by atoms with Crippen LogP contribution >= 0.6 is 0 Å². The van der Waals surface area contributed by atoms with Gasteiger partial charge in [0, 0.05) is 12.8 Å². The van der Waals surface area contributed by atoms with Gasteiger partial charge in [-0.05, 0) is 26.7 Å². The number of carbonyl (C=O) groups excluding carboxylic acids is 4. The quantitative estimate of drug-likeness (QED) is 0.162. The number of carboxylic acids is 2. The number of carboxylic acid groups (broad SMARTS) is 2. The molecule has 0 aromatic heterocycles. The van der Waals surface area contributed by atoms with E-state index in [4.69, 9.17) is 21.7 Å². The number of hydrogen-bond acceptors (Lipinski definition) is 7. The number of aliphatic carboxylic acids is 2. The molecule has 164 valence electrons. The van der Waals surface area contributed by atoms with Crippen molar-refractivity contribution in [2.75, 3.05) is 0 Å². The first-order valence-corrected chi connectivity index (χ1v) is 8.74. The van der Waals surface area contributed by atoms with Crippen molar-refractivity contribution in [2.24, 2.45) is 11.5 Å². The minimum atomic E-state index is -1.37. The van der Waals surface area contributed by atoms with Gasteiger partial charge < -0.3 is 37.6 Å². The number of primary amides is 1. The van der Waals surface area contributed by atoms with Crippen molar-refractivity contribution >= 4 is 35.6 Å². The summed E-state index contributed by atoms with van der Waals surface area (Å²) in [6, 6.07) is -4.71. The highest BCUT2D eigenvalue weighted by molar-refractivity contribution is 5.93. The number of rotatable bonds is 13. The maximum Gasteiger partial charge on any atom is 0.326 e. The van der Waals surface area contributed by atoms with Crippen LogP contribution in [0.25, 0.3) is 0 Å². The Morgan fingerprint density at radius 1 is 0.793 bits per heavy atom. The Morgan fingerprint density at radius 3 is 1.72 bits per heavy atom. The minimum Gasteiger partial charge on any atom is -0.481 e. The van der Waals surface area contributed by atoms with Gasteiger partial charge in [-0.1, -0.05) is 0 Å². The highest BCUT2D eigenvalue weighted by Gasteiger charge is 2.26. The molecular formula is C16H27N5O8. The van der Waals surface area contributed by atoms with Crippen LogP contribution in [0.15, 0.2) is 0 Å². The monoisotopic (exact) mass is 417 g/mol. The lowest BCUT2D eigenvalue weighted by atomic mass is 10.1. The summed E-state index contributed by atoms with van der Waals surface area (Å²) in [6.07, 6.45) is -0.885. The van der Waals surface area contributed by atoms with Crippen LogP contribution in [0.4, 0.5) is 0 Å². The van der Waals surface area contributed by atoms with Gasteiger partial charge in [0.15, 0.2) is 0 Å². The molecule has 13 heteroatoms. The zero-order valence-corrected chi connectivity index (χ0v) is 16.1. The van der Waals surface area contributed by atoms with E-state index in [0.717, 1.165) is 0 Å². The molecule has 0 fully saturated rings. The number of nitrogens with one attached hydrogen (secondary N) is 3. The molecule has 0 heterocycles. The first-order valence-electron chi connectivity index (χ1n) is 8.74. The van der Waals surface area contributed by atoms with Gasteiger partial charge in [-0.15, -0.1) is 0 Å². The van der Waals surface area contributed by atoms with E-state index >= 15 is 0 Å². The summed E-state index contributed by atoms with van der Waals surface area (Å²) < 4.78 is 0. The third-order valence-electron chi connectivity index (χ3n) is 3.80. The van der Waals surface area contributed by atoms with Crippen LogP contribution in [0.1, 0.15) is 39.5 Å². The fourth-order valence-corrected chi connectivity index (χ4v) is 2.04. The van der Waals surface area contributed by atoms with E-state index in [0.29, 0.717) is 0 Å². The smallest absolute Gasteiger partial charge is 0.326 e. The van der Waals surface area contributed by atoms with E-state index in [9.17, 15) is 28.8 Å². The van der Waals surface area contributed by atoms with Gasteiger partial charge in [0.2, 0.25) is 23.6 Å². The van der Waals surface area contributed by atoms with Crippen LogP contribution in [-0.2, 0) is 28.8 Å². The maximum atomic E-state index is 12.1. The molecule has 0 aliphatic rings. The predicted molar refractivity (Wildman–Crippen MR) is 98.0 cm³/mol. The van der Waals surface area contributed by atoms with Crippen LogP contribution in [0, 0.1) is 0 Å². The van der Waals surface area contributed by atoms with Gasteiger partial charge in [-0.2, -0.15) is 0 Å². The van der Waals surface area contributed by atoms with Crippen LogP contribution in [0.2, 0.25) is 0 Å². The summed E-state index contributed by atoms with van der Waals surface area (Å²) in [6.45, 7) is 2.63. The molecule has 4 unspecified atom stereocenters. The summed E-state index contributed by atoms with van der Waals surface area (Å²) in [7, 11) is 0. The van der Waals surface area contributed by atoms with E-state index in [1.54, 1.807) is 0 Å². The van der Waals surface area contributed by atoms with E-state index < -0.39 is 59.7 Å². The van der Waals surface area contributed by atoms with Gasteiger partial charge in [0.05, 0.1) is 6.04 Å². The zero-order chi connectivity index (χ0) is 22.7. The van der Waals surface area contributed by atoms with Crippen LogP contribution in [0.3, 0.4) is 0 Å². The number of amides is 4. The summed E-state index contributed by atoms with van der Waals surface area (Å²) in [5, 5.41) is 24.4. The molecule has 13 nitrogen and oxygen atoms in total. The molecule has 4 atom stereocenters. The topological polar surface area (TPSA) is 231 Å². The largest absolute Gasteiger partial charge is 0.481 e. The fraction of sp³-hybridized carbons (Fsp3) is 0.625. The minimum absolute atomic E-state index is 0.115. The second-order valence-electron chi connectivity index (χ2n) is 6.40. The molecule has 0 aliphatic carbocycles. The maximum absolute atomic E-state index is 12.1. The normalized spacial score (nSPS) is 14.6. The summed E-state index contributed by atoms with van der Waals surface area (Å²) >= 11 is 0. The molecule has 4 amide bonds. The van der Waals surface area contributed by atoms with E-state index in [-0.39, 0.29) is 25.7 Å². The van der Waals surface area contributed by atoms with Crippen molar-refractivity contribution in [1.29, 1.82) is 0 Å². The van der Waals surface area contributed by atoms with Gasteiger partial charge in [-0.3, -0.25) is 24.0 Å². The van der Waals surface area contributed by atoms with Gasteiger partial charge in [0.1, 0.15) is 18.1 Å². The third-order valence-corrected chi connectivity index (χ3v) is 3.80. The zero-order valence-electron chi connectivity index (χ0n) is 16.1. The Balaban J connectivity index is 4.63. The van der Waals surface area contributed by atoms with Gasteiger partial charge in [0.25, 0.3) is 0 Å².